The standard InChI is InChI=1S/C16H14F2N4O5S2/c1-3-6-28-16-21-20-15(29-16)19-13(23)5-4-9-7-11(26-2)12(27-14(17)18)8-10(9)22(24)25/h3-5,7-8,14H,1,6H2,2H3,(H,19,20,23)/b5-4+. The van der Waals surface area contributed by atoms with Crippen molar-refractivity contribution in [2.24, 2.45) is 0 Å². The van der Waals surface area contributed by atoms with Gasteiger partial charge in [-0.2, -0.15) is 8.78 Å². The highest BCUT2D eigenvalue weighted by Crippen LogP contribution is 2.36. The number of anilines is 1. The number of alkyl halides is 2. The molecule has 0 fully saturated rings. The second-order valence-corrected chi connectivity index (χ2v) is 7.24. The third-order valence-electron chi connectivity index (χ3n) is 3.10. The third kappa shape index (κ3) is 6.50. The molecule has 1 amide bonds. The van der Waals surface area contributed by atoms with Crippen LogP contribution in [0.15, 0.2) is 35.2 Å². The first-order valence-electron chi connectivity index (χ1n) is 7.71. The molecule has 1 N–H and O–H groups in total. The molecule has 0 unspecified atom stereocenters. The fourth-order valence-electron chi connectivity index (χ4n) is 1.97. The first-order chi connectivity index (χ1) is 13.8. The number of nitrogens with one attached hydrogen (secondary N) is 1. The number of hydrogen-bond acceptors (Lipinski definition) is 9. The number of rotatable bonds is 10. The average Bonchev–Trinajstić information content (AvgIpc) is 3.11. The van der Waals surface area contributed by atoms with Gasteiger partial charge >= 0.3 is 6.61 Å². The summed E-state index contributed by atoms with van der Waals surface area (Å²) in [6, 6.07) is 1.92. The summed E-state index contributed by atoms with van der Waals surface area (Å²) in [5, 5.41) is 21.7. The summed E-state index contributed by atoms with van der Waals surface area (Å²) in [6.45, 7) is 0.407. The Morgan fingerprint density at radius 1 is 1.45 bits per heavy atom. The topological polar surface area (TPSA) is 116 Å². The van der Waals surface area contributed by atoms with Crippen LogP contribution in [-0.4, -0.2) is 40.5 Å². The molecule has 154 valence electrons. The molecule has 1 aromatic heterocycles. The summed E-state index contributed by atoms with van der Waals surface area (Å²) in [5.41, 5.74) is -0.576. The van der Waals surface area contributed by atoms with E-state index in [1.54, 1.807) is 6.08 Å². The van der Waals surface area contributed by atoms with E-state index in [0.717, 1.165) is 35.6 Å². The average molecular weight is 444 g/mol. The maximum absolute atomic E-state index is 12.5. The number of carbonyl (C=O) groups excluding carboxylic acids is 1. The third-order valence-corrected chi connectivity index (χ3v) is 5.07. The number of methoxy groups -OCH3 is 1. The van der Waals surface area contributed by atoms with E-state index in [9.17, 15) is 23.7 Å². The Morgan fingerprint density at radius 3 is 2.83 bits per heavy atom. The van der Waals surface area contributed by atoms with E-state index in [-0.39, 0.29) is 16.4 Å². The molecule has 29 heavy (non-hydrogen) atoms. The van der Waals surface area contributed by atoms with E-state index in [1.165, 1.54) is 18.9 Å². The lowest BCUT2D eigenvalue weighted by molar-refractivity contribution is -0.385. The number of aromatic nitrogens is 2. The van der Waals surface area contributed by atoms with Crippen LogP contribution in [0.3, 0.4) is 0 Å². The Morgan fingerprint density at radius 2 is 2.21 bits per heavy atom. The molecular weight excluding hydrogens is 430 g/mol. The Labute approximate surface area is 171 Å². The molecule has 0 saturated heterocycles. The lowest BCUT2D eigenvalue weighted by Gasteiger charge is -2.10. The predicted molar refractivity (Wildman–Crippen MR) is 105 cm³/mol. The lowest BCUT2D eigenvalue weighted by Crippen LogP contribution is -2.07. The number of amides is 1. The van der Waals surface area contributed by atoms with Crippen LogP contribution >= 0.6 is 23.1 Å². The lowest BCUT2D eigenvalue weighted by atomic mass is 10.1. The van der Waals surface area contributed by atoms with Crippen molar-refractivity contribution in [1.82, 2.24) is 10.2 Å². The smallest absolute Gasteiger partial charge is 0.387 e. The van der Waals surface area contributed by atoms with E-state index >= 15 is 0 Å². The Kier molecular flexibility index (Phi) is 8.03. The number of hydrogen-bond donors (Lipinski definition) is 1. The molecule has 1 aromatic carbocycles. The maximum Gasteiger partial charge on any atom is 0.387 e. The molecule has 9 nitrogen and oxygen atoms in total. The van der Waals surface area contributed by atoms with Gasteiger partial charge in [0.25, 0.3) is 5.69 Å². The van der Waals surface area contributed by atoms with Gasteiger partial charge in [-0.05, 0) is 12.1 Å². The Balaban J connectivity index is 2.19. The normalized spacial score (nSPS) is 10.9. The van der Waals surface area contributed by atoms with Crippen molar-refractivity contribution < 1.29 is 28.0 Å². The molecule has 0 aliphatic carbocycles. The number of nitro benzene ring substituents is 1. The van der Waals surface area contributed by atoms with Gasteiger partial charge in [-0.15, -0.1) is 16.8 Å². The van der Waals surface area contributed by atoms with Crippen molar-refractivity contribution in [1.29, 1.82) is 0 Å². The van der Waals surface area contributed by atoms with Gasteiger partial charge in [0, 0.05) is 11.8 Å². The zero-order chi connectivity index (χ0) is 21.4. The van der Waals surface area contributed by atoms with Crippen molar-refractivity contribution in [3.05, 3.63) is 46.5 Å². The van der Waals surface area contributed by atoms with Crippen LogP contribution in [0.4, 0.5) is 19.6 Å². The quantitative estimate of drug-likeness (QED) is 0.146. The minimum absolute atomic E-state index is 0.0388. The van der Waals surface area contributed by atoms with Crippen LogP contribution in [0, 0.1) is 10.1 Å². The van der Waals surface area contributed by atoms with Gasteiger partial charge in [-0.25, -0.2) is 0 Å². The van der Waals surface area contributed by atoms with Crippen molar-refractivity contribution in [2.45, 2.75) is 11.0 Å². The van der Waals surface area contributed by atoms with E-state index in [1.807, 2.05) is 0 Å². The molecule has 1 heterocycles. The highest BCUT2D eigenvalue weighted by molar-refractivity contribution is 8.01. The van der Waals surface area contributed by atoms with Gasteiger partial charge < -0.3 is 9.47 Å². The molecule has 0 spiro atoms. The van der Waals surface area contributed by atoms with Crippen molar-refractivity contribution in [3.63, 3.8) is 0 Å². The highest BCUT2D eigenvalue weighted by atomic mass is 32.2. The van der Waals surface area contributed by atoms with Crippen LogP contribution in [0.2, 0.25) is 0 Å². The fourth-order valence-corrected chi connectivity index (χ4v) is 3.48. The number of halogens is 2. The summed E-state index contributed by atoms with van der Waals surface area (Å²) >= 11 is 2.55. The first kappa shape index (κ1) is 22.2. The van der Waals surface area contributed by atoms with E-state index in [0.29, 0.717) is 10.1 Å². The predicted octanol–water partition coefficient (Wildman–Crippen LogP) is 3.99. The van der Waals surface area contributed by atoms with Crippen molar-refractivity contribution in [3.8, 4) is 11.5 Å². The zero-order valence-electron chi connectivity index (χ0n) is 14.8. The van der Waals surface area contributed by atoms with Crippen LogP contribution in [0.1, 0.15) is 5.56 Å². The second-order valence-electron chi connectivity index (χ2n) is 4.99. The molecule has 0 radical (unpaired) electrons. The van der Waals surface area contributed by atoms with Crippen LogP contribution < -0.4 is 14.8 Å². The number of nitro groups is 1. The number of carbonyl (C=O) groups is 1. The van der Waals surface area contributed by atoms with E-state index in [4.69, 9.17) is 4.74 Å². The highest BCUT2D eigenvalue weighted by Gasteiger charge is 2.20. The van der Waals surface area contributed by atoms with Gasteiger partial charge in [-0.1, -0.05) is 29.2 Å². The first-order valence-corrected chi connectivity index (χ1v) is 9.51. The van der Waals surface area contributed by atoms with Crippen molar-refractivity contribution in [2.75, 3.05) is 18.2 Å². The Bertz CT molecular complexity index is 936. The zero-order valence-corrected chi connectivity index (χ0v) is 16.5. The number of ether oxygens (including phenoxy) is 2. The molecule has 2 aromatic rings. The van der Waals surface area contributed by atoms with Gasteiger partial charge in [0.05, 0.1) is 23.7 Å². The summed E-state index contributed by atoms with van der Waals surface area (Å²) < 4.78 is 34.7. The molecular formula is C16H14F2N4O5S2. The minimum atomic E-state index is -3.18. The van der Waals surface area contributed by atoms with E-state index < -0.39 is 28.9 Å². The van der Waals surface area contributed by atoms with Crippen LogP contribution in [0.25, 0.3) is 6.08 Å². The Hall–Kier alpha value is -3.06. The number of benzene rings is 1. The van der Waals surface area contributed by atoms with Gasteiger partial charge in [0.1, 0.15) is 0 Å². The molecule has 0 bridgehead atoms. The van der Waals surface area contributed by atoms with Crippen LogP contribution in [0.5, 0.6) is 11.5 Å². The van der Waals surface area contributed by atoms with Crippen molar-refractivity contribution >= 4 is 45.9 Å². The molecule has 2 rings (SSSR count). The van der Waals surface area contributed by atoms with E-state index in [2.05, 4.69) is 26.8 Å². The molecule has 0 atom stereocenters. The summed E-state index contributed by atoms with van der Waals surface area (Å²) in [5.74, 6) is -0.611. The summed E-state index contributed by atoms with van der Waals surface area (Å²) in [7, 11) is 1.19. The number of thioether (sulfide) groups is 1. The number of nitrogens with zero attached hydrogens (tertiary/aromatic N) is 3. The van der Waals surface area contributed by atoms with Crippen LogP contribution in [-0.2, 0) is 4.79 Å². The van der Waals surface area contributed by atoms with Gasteiger partial charge in [0.2, 0.25) is 11.0 Å². The largest absolute Gasteiger partial charge is 0.493 e. The minimum Gasteiger partial charge on any atom is -0.493 e. The molecule has 13 heteroatoms. The van der Waals surface area contributed by atoms with Gasteiger partial charge in [0.15, 0.2) is 15.8 Å². The monoisotopic (exact) mass is 444 g/mol. The molecule has 0 aliphatic rings. The van der Waals surface area contributed by atoms with Gasteiger partial charge in [-0.3, -0.25) is 20.2 Å². The molecule has 0 saturated carbocycles. The summed E-state index contributed by atoms with van der Waals surface area (Å²) in [4.78, 5) is 22.5. The second kappa shape index (κ2) is 10.5. The summed E-state index contributed by atoms with van der Waals surface area (Å²) in [6.07, 6.45) is 3.88. The maximum atomic E-state index is 12.5. The molecule has 0 aliphatic heterocycles. The SMILES string of the molecule is C=CCSc1nnc(NC(=O)/C=C/c2cc(OC)c(OC(F)F)cc2[N+](=O)[O-])s1. The fraction of sp³-hybridized carbons (Fsp3) is 0.188.